The van der Waals surface area contributed by atoms with E-state index in [0.29, 0.717) is 6.04 Å². The zero-order valence-corrected chi connectivity index (χ0v) is 14.3. The van der Waals surface area contributed by atoms with Crippen LogP contribution in [0.4, 0.5) is 5.69 Å². The Morgan fingerprint density at radius 3 is 2.42 bits per heavy atom. The molecule has 1 saturated heterocycles. The van der Waals surface area contributed by atoms with Gasteiger partial charge in [0.25, 0.3) is 5.91 Å². The number of carbonyl (C=O) groups is 1. The number of rotatable bonds is 6. The van der Waals surface area contributed by atoms with Gasteiger partial charge in [0.15, 0.2) is 6.61 Å². The zero-order chi connectivity index (χ0) is 16.6. The molecule has 1 aliphatic carbocycles. The van der Waals surface area contributed by atoms with Gasteiger partial charge in [-0.25, -0.2) is 0 Å². The minimum Gasteiger partial charge on any atom is -0.484 e. The first-order chi connectivity index (χ1) is 11.8. The van der Waals surface area contributed by atoms with Gasteiger partial charge in [0.2, 0.25) is 0 Å². The van der Waals surface area contributed by atoms with Crippen LogP contribution in [0.25, 0.3) is 0 Å². The van der Waals surface area contributed by atoms with E-state index < -0.39 is 0 Å². The van der Waals surface area contributed by atoms with E-state index in [1.807, 2.05) is 24.3 Å². The molecule has 0 bridgehead atoms. The summed E-state index contributed by atoms with van der Waals surface area (Å²) in [7, 11) is 0. The third-order valence-electron chi connectivity index (χ3n) is 4.79. The Hall–Kier alpha value is -1.75. The summed E-state index contributed by atoms with van der Waals surface area (Å²) in [6.45, 7) is 1.51. The Morgan fingerprint density at radius 2 is 1.71 bits per heavy atom. The van der Waals surface area contributed by atoms with Crippen LogP contribution in [0.1, 0.15) is 44.9 Å². The van der Waals surface area contributed by atoms with Crippen LogP contribution in [0.3, 0.4) is 0 Å². The monoisotopic (exact) mass is 332 g/mol. The molecule has 1 heterocycles. The molecule has 2 fully saturated rings. The number of hydrogen-bond acceptors (Lipinski definition) is 4. The van der Waals surface area contributed by atoms with Gasteiger partial charge >= 0.3 is 0 Å². The van der Waals surface area contributed by atoms with Crippen LogP contribution in [0, 0.1) is 0 Å². The highest BCUT2D eigenvalue weighted by Crippen LogP contribution is 2.23. The van der Waals surface area contributed by atoms with E-state index in [-0.39, 0.29) is 18.6 Å². The molecule has 24 heavy (non-hydrogen) atoms. The molecular weight excluding hydrogens is 304 g/mol. The quantitative estimate of drug-likeness (QED) is 0.840. The van der Waals surface area contributed by atoms with Crippen molar-refractivity contribution in [2.24, 2.45) is 0 Å². The third kappa shape index (κ3) is 5.41. The molecule has 2 aliphatic rings. The minimum atomic E-state index is -0.0636. The van der Waals surface area contributed by atoms with Crippen LogP contribution < -0.4 is 15.4 Å². The van der Waals surface area contributed by atoms with Crippen molar-refractivity contribution in [2.75, 3.05) is 25.1 Å². The largest absolute Gasteiger partial charge is 0.484 e. The second-order valence-corrected chi connectivity index (χ2v) is 6.75. The number of anilines is 1. The van der Waals surface area contributed by atoms with Crippen molar-refractivity contribution in [3.63, 3.8) is 0 Å². The number of ether oxygens (including phenoxy) is 2. The van der Waals surface area contributed by atoms with Crippen LogP contribution in [0.2, 0.25) is 0 Å². The minimum absolute atomic E-state index is 0.0623. The van der Waals surface area contributed by atoms with E-state index in [9.17, 15) is 4.79 Å². The number of carbonyl (C=O) groups excluding carboxylic acids is 1. The SMILES string of the molecule is O=C(COc1ccc(NC2CCCCC2)cc1)NC1CCOCC1. The van der Waals surface area contributed by atoms with E-state index in [0.717, 1.165) is 37.5 Å². The third-order valence-corrected chi connectivity index (χ3v) is 4.79. The summed E-state index contributed by atoms with van der Waals surface area (Å²) in [5, 5.41) is 6.58. The molecule has 3 rings (SSSR count). The predicted molar refractivity (Wildman–Crippen MR) is 94.4 cm³/mol. The zero-order valence-electron chi connectivity index (χ0n) is 14.3. The average Bonchev–Trinajstić information content (AvgIpc) is 2.63. The Morgan fingerprint density at radius 1 is 1.00 bits per heavy atom. The van der Waals surface area contributed by atoms with E-state index in [1.165, 1.54) is 32.1 Å². The summed E-state index contributed by atoms with van der Waals surface area (Å²) in [4.78, 5) is 11.9. The van der Waals surface area contributed by atoms with Crippen LogP contribution in [-0.2, 0) is 9.53 Å². The van der Waals surface area contributed by atoms with Crippen molar-refractivity contribution in [1.82, 2.24) is 5.32 Å². The normalized spacial score (nSPS) is 19.7. The van der Waals surface area contributed by atoms with Gasteiger partial charge in [-0.2, -0.15) is 0 Å². The van der Waals surface area contributed by atoms with Crippen LogP contribution in [0.5, 0.6) is 5.75 Å². The van der Waals surface area contributed by atoms with Gasteiger partial charge in [0.05, 0.1) is 0 Å². The Balaban J connectivity index is 1.39. The highest BCUT2D eigenvalue weighted by atomic mass is 16.5. The highest BCUT2D eigenvalue weighted by molar-refractivity contribution is 5.77. The van der Waals surface area contributed by atoms with E-state index in [2.05, 4.69) is 10.6 Å². The van der Waals surface area contributed by atoms with Gasteiger partial charge in [-0.15, -0.1) is 0 Å². The summed E-state index contributed by atoms with van der Waals surface area (Å²) in [6, 6.07) is 8.72. The second-order valence-electron chi connectivity index (χ2n) is 6.75. The van der Waals surface area contributed by atoms with Crippen LogP contribution in [-0.4, -0.2) is 37.8 Å². The van der Waals surface area contributed by atoms with Crippen molar-refractivity contribution in [2.45, 2.75) is 57.0 Å². The van der Waals surface area contributed by atoms with Crippen molar-refractivity contribution in [3.05, 3.63) is 24.3 Å². The first kappa shape index (κ1) is 17.1. The maximum atomic E-state index is 11.9. The van der Waals surface area contributed by atoms with Gasteiger partial charge < -0.3 is 20.1 Å². The predicted octanol–water partition coefficient (Wildman–Crippen LogP) is 3.11. The van der Waals surface area contributed by atoms with Crippen LogP contribution in [0.15, 0.2) is 24.3 Å². The topological polar surface area (TPSA) is 59.6 Å². The fourth-order valence-electron chi connectivity index (χ4n) is 3.39. The molecule has 1 aliphatic heterocycles. The van der Waals surface area contributed by atoms with Gasteiger partial charge in [-0.05, 0) is 49.9 Å². The maximum absolute atomic E-state index is 11.9. The van der Waals surface area contributed by atoms with E-state index >= 15 is 0 Å². The van der Waals surface area contributed by atoms with E-state index in [1.54, 1.807) is 0 Å². The van der Waals surface area contributed by atoms with Crippen molar-refractivity contribution < 1.29 is 14.3 Å². The van der Waals surface area contributed by atoms with Crippen molar-refractivity contribution >= 4 is 11.6 Å². The number of nitrogens with one attached hydrogen (secondary N) is 2. The molecule has 1 amide bonds. The highest BCUT2D eigenvalue weighted by Gasteiger charge is 2.16. The first-order valence-electron chi connectivity index (χ1n) is 9.16. The molecule has 1 saturated carbocycles. The molecule has 5 heteroatoms. The molecule has 1 aromatic rings. The summed E-state index contributed by atoms with van der Waals surface area (Å²) in [5.41, 5.74) is 1.13. The summed E-state index contributed by atoms with van der Waals surface area (Å²) in [6.07, 6.45) is 8.28. The lowest BCUT2D eigenvalue weighted by Crippen LogP contribution is -2.41. The number of benzene rings is 1. The molecular formula is C19H28N2O3. The molecule has 5 nitrogen and oxygen atoms in total. The Bertz CT molecular complexity index is 506. The average molecular weight is 332 g/mol. The van der Waals surface area contributed by atoms with Crippen LogP contribution >= 0.6 is 0 Å². The van der Waals surface area contributed by atoms with Crippen molar-refractivity contribution in [3.8, 4) is 5.75 Å². The number of hydrogen-bond donors (Lipinski definition) is 2. The molecule has 0 unspecified atom stereocenters. The van der Waals surface area contributed by atoms with E-state index in [4.69, 9.17) is 9.47 Å². The maximum Gasteiger partial charge on any atom is 0.258 e. The summed E-state index contributed by atoms with van der Waals surface area (Å²) in [5.74, 6) is 0.664. The second kappa shape index (κ2) is 8.92. The summed E-state index contributed by atoms with van der Waals surface area (Å²) >= 11 is 0. The standard InChI is InChI=1S/C19H28N2O3/c22-19(21-17-10-12-23-13-11-17)14-24-18-8-6-16(7-9-18)20-15-4-2-1-3-5-15/h6-9,15,17,20H,1-5,10-14H2,(H,21,22). The fourth-order valence-corrected chi connectivity index (χ4v) is 3.39. The first-order valence-corrected chi connectivity index (χ1v) is 9.16. The lowest BCUT2D eigenvalue weighted by molar-refractivity contribution is -0.124. The van der Waals surface area contributed by atoms with Crippen molar-refractivity contribution in [1.29, 1.82) is 0 Å². The van der Waals surface area contributed by atoms with Gasteiger partial charge in [-0.1, -0.05) is 19.3 Å². The van der Waals surface area contributed by atoms with Gasteiger partial charge in [0.1, 0.15) is 5.75 Å². The Labute approximate surface area is 144 Å². The lowest BCUT2D eigenvalue weighted by Gasteiger charge is -2.24. The fraction of sp³-hybridized carbons (Fsp3) is 0.632. The van der Waals surface area contributed by atoms with Gasteiger partial charge in [-0.3, -0.25) is 4.79 Å². The smallest absolute Gasteiger partial charge is 0.258 e. The molecule has 1 aromatic carbocycles. The number of amides is 1. The Kier molecular flexibility index (Phi) is 6.35. The molecule has 0 spiro atoms. The molecule has 0 radical (unpaired) electrons. The van der Waals surface area contributed by atoms with Gasteiger partial charge in [0, 0.05) is 31.0 Å². The summed E-state index contributed by atoms with van der Waals surface area (Å²) < 4.78 is 10.9. The molecule has 2 N–H and O–H groups in total. The molecule has 0 atom stereocenters. The lowest BCUT2D eigenvalue weighted by atomic mass is 9.95. The molecule has 132 valence electrons. The molecule has 0 aromatic heterocycles.